The third kappa shape index (κ3) is 4.45. The predicted octanol–water partition coefficient (Wildman–Crippen LogP) is 3.93. The van der Waals surface area contributed by atoms with E-state index >= 15 is 0 Å². The Morgan fingerprint density at radius 1 is 1.28 bits per heavy atom. The van der Waals surface area contributed by atoms with Crippen LogP contribution in [0, 0.1) is 0 Å². The number of aromatic nitrogens is 3. The second-order valence-corrected chi connectivity index (χ2v) is 6.69. The molecule has 0 amide bonds. The molecular weight excluding hydrogens is 333 g/mol. The van der Waals surface area contributed by atoms with Gasteiger partial charge in [0, 0.05) is 18.2 Å². The highest BCUT2D eigenvalue weighted by atomic mass is 19.4. The molecule has 1 N–H and O–H groups in total. The van der Waals surface area contributed by atoms with Crippen LogP contribution in [0.25, 0.3) is 11.3 Å². The van der Waals surface area contributed by atoms with Crippen LogP contribution in [0.4, 0.5) is 19.1 Å². The molecule has 0 bridgehead atoms. The number of anilines is 1. The highest BCUT2D eigenvalue weighted by Gasteiger charge is 2.31. The van der Waals surface area contributed by atoms with E-state index in [1.165, 1.54) is 12.3 Å². The predicted molar refractivity (Wildman–Crippen MR) is 86.9 cm³/mol. The van der Waals surface area contributed by atoms with Gasteiger partial charge in [0.25, 0.3) is 0 Å². The summed E-state index contributed by atoms with van der Waals surface area (Å²) < 4.78 is 44.3. The van der Waals surface area contributed by atoms with Crippen molar-refractivity contribution in [2.24, 2.45) is 0 Å². The molecule has 0 aliphatic carbocycles. The summed E-state index contributed by atoms with van der Waals surface area (Å²) in [5.41, 5.74) is -0.263. The van der Waals surface area contributed by atoms with Crippen molar-refractivity contribution >= 4 is 5.95 Å². The molecule has 134 valence electrons. The highest BCUT2D eigenvalue weighted by molar-refractivity contribution is 5.60. The summed E-state index contributed by atoms with van der Waals surface area (Å²) in [6.45, 7) is 4.66. The van der Waals surface area contributed by atoms with Crippen molar-refractivity contribution in [1.82, 2.24) is 15.2 Å². The first-order valence-corrected chi connectivity index (χ1v) is 8.01. The Kier molecular flexibility index (Phi) is 4.64. The van der Waals surface area contributed by atoms with E-state index in [4.69, 9.17) is 4.74 Å². The summed E-state index contributed by atoms with van der Waals surface area (Å²) in [5.74, 6) is 0.303. The maximum absolute atomic E-state index is 12.9. The smallest absolute Gasteiger partial charge is 0.375 e. The fourth-order valence-corrected chi connectivity index (χ4v) is 2.90. The maximum Gasteiger partial charge on any atom is 0.416 e. The van der Waals surface area contributed by atoms with Gasteiger partial charge in [-0.1, -0.05) is 12.1 Å². The largest absolute Gasteiger partial charge is 0.416 e. The molecule has 8 heteroatoms. The summed E-state index contributed by atoms with van der Waals surface area (Å²) >= 11 is 0. The fraction of sp³-hybridized carbons (Fsp3) is 0.471. The minimum Gasteiger partial charge on any atom is -0.375 e. The van der Waals surface area contributed by atoms with Crippen LogP contribution in [-0.2, 0) is 10.9 Å². The minimum absolute atomic E-state index is 0.127. The van der Waals surface area contributed by atoms with Crippen LogP contribution in [0.3, 0.4) is 0 Å². The number of benzene rings is 1. The Morgan fingerprint density at radius 3 is 2.80 bits per heavy atom. The second kappa shape index (κ2) is 6.59. The SMILES string of the molecule is CC1(C)CC(Nc2nncc(-c3cccc(C(F)(F)F)c3)n2)CCO1. The Bertz CT molecular complexity index is 749. The van der Waals surface area contributed by atoms with Crippen LogP contribution < -0.4 is 5.32 Å². The Hall–Kier alpha value is -2.22. The Morgan fingerprint density at radius 2 is 2.08 bits per heavy atom. The standard InChI is InChI=1S/C17H19F3N4O/c1-16(2)9-13(6-7-25-16)22-15-23-14(10-21-24-15)11-4-3-5-12(8-11)17(18,19)20/h3-5,8,10,13H,6-7,9H2,1-2H3,(H,22,23,24). The lowest BCUT2D eigenvalue weighted by Gasteiger charge is -2.35. The minimum atomic E-state index is -4.40. The molecule has 1 saturated heterocycles. The van der Waals surface area contributed by atoms with Crippen LogP contribution in [0.5, 0.6) is 0 Å². The third-order valence-electron chi connectivity index (χ3n) is 4.07. The van der Waals surface area contributed by atoms with Gasteiger partial charge in [0.1, 0.15) is 0 Å². The topological polar surface area (TPSA) is 59.9 Å². The van der Waals surface area contributed by atoms with Crippen LogP contribution in [0.1, 0.15) is 32.3 Å². The van der Waals surface area contributed by atoms with Crippen molar-refractivity contribution in [3.8, 4) is 11.3 Å². The zero-order valence-corrected chi connectivity index (χ0v) is 14.0. The number of rotatable bonds is 3. The lowest BCUT2D eigenvalue weighted by atomic mass is 9.94. The van der Waals surface area contributed by atoms with Crippen molar-refractivity contribution in [3.05, 3.63) is 36.0 Å². The van der Waals surface area contributed by atoms with Crippen LogP contribution in [0.2, 0.25) is 0 Å². The van der Waals surface area contributed by atoms with Crippen LogP contribution in [0.15, 0.2) is 30.5 Å². The van der Waals surface area contributed by atoms with Gasteiger partial charge in [0.15, 0.2) is 0 Å². The first-order valence-electron chi connectivity index (χ1n) is 8.01. The van der Waals surface area contributed by atoms with E-state index in [0.717, 1.165) is 25.0 Å². The normalized spacial score (nSPS) is 20.3. The van der Waals surface area contributed by atoms with Gasteiger partial charge in [-0.05, 0) is 38.8 Å². The molecule has 1 fully saturated rings. The summed E-state index contributed by atoms with van der Waals surface area (Å²) in [6, 6.07) is 5.14. The van der Waals surface area contributed by atoms with Crippen molar-refractivity contribution in [3.63, 3.8) is 0 Å². The second-order valence-electron chi connectivity index (χ2n) is 6.69. The average molecular weight is 352 g/mol. The maximum atomic E-state index is 12.9. The molecule has 1 aromatic carbocycles. The van der Waals surface area contributed by atoms with Gasteiger partial charge in [-0.15, -0.1) is 5.10 Å². The van der Waals surface area contributed by atoms with E-state index in [1.54, 1.807) is 6.07 Å². The van der Waals surface area contributed by atoms with E-state index in [1.807, 2.05) is 13.8 Å². The third-order valence-corrected chi connectivity index (χ3v) is 4.07. The molecule has 3 rings (SSSR count). The molecule has 2 heterocycles. The molecule has 5 nitrogen and oxygen atoms in total. The molecule has 0 radical (unpaired) electrons. The zero-order valence-electron chi connectivity index (χ0n) is 14.0. The number of hydrogen-bond acceptors (Lipinski definition) is 5. The van der Waals surface area contributed by atoms with Gasteiger partial charge in [0.05, 0.1) is 23.1 Å². The summed E-state index contributed by atoms with van der Waals surface area (Å²) in [6.07, 6.45) is -1.45. The van der Waals surface area contributed by atoms with Crippen molar-refractivity contribution in [1.29, 1.82) is 0 Å². The number of alkyl halides is 3. The Balaban J connectivity index is 1.80. The van der Waals surface area contributed by atoms with Gasteiger partial charge >= 0.3 is 6.18 Å². The number of nitrogens with zero attached hydrogens (tertiary/aromatic N) is 3. The first kappa shape index (κ1) is 17.6. The quantitative estimate of drug-likeness (QED) is 0.907. The molecule has 1 aliphatic rings. The van der Waals surface area contributed by atoms with Crippen molar-refractivity contribution in [2.75, 3.05) is 11.9 Å². The zero-order chi connectivity index (χ0) is 18.1. The van der Waals surface area contributed by atoms with Crippen molar-refractivity contribution < 1.29 is 17.9 Å². The first-order chi connectivity index (χ1) is 11.7. The van der Waals surface area contributed by atoms with Crippen LogP contribution >= 0.6 is 0 Å². The van der Waals surface area contributed by atoms with E-state index in [0.29, 0.717) is 23.8 Å². The molecule has 0 saturated carbocycles. The lowest BCUT2D eigenvalue weighted by molar-refractivity contribution is -0.137. The molecule has 1 unspecified atom stereocenters. The molecule has 1 aliphatic heterocycles. The van der Waals surface area contributed by atoms with Gasteiger partial charge in [0.2, 0.25) is 5.95 Å². The average Bonchev–Trinajstić information content (AvgIpc) is 2.53. The number of halogens is 3. The molecule has 1 aromatic heterocycles. The number of nitrogens with one attached hydrogen (secondary N) is 1. The molecule has 25 heavy (non-hydrogen) atoms. The highest BCUT2D eigenvalue weighted by Crippen LogP contribution is 2.32. The molecule has 2 aromatic rings. The molecular formula is C17H19F3N4O. The lowest BCUT2D eigenvalue weighted by Crippen LogP contribution is -2.40. The van der Waals surface area contributed by atoms with E-state index < -0.39 is 11.7 Å². The monoisotopic (exact) mass is 352 g/mol. The van der Waals surface area contributed by atoms with Crippen molar-refractivity contribution in [2.45, 2.75) is 44.5 Å². The summed E-state index contributed by atoms with van der Waals surface area (Å²) in [5, 5.41) is 11.0. The van der Waals surface area contributed by atoms with E-state index in [9.17, 15) is 13.2 Å². The van der Waals surface area contributed by atoms with E-state index in [-0.39, 0.29) is 11.6 Å². The molecule has 1 atom stereocenters. The van der Waals surface area contributed by atoms with Crippen LogP contribution in [-0.4, -0.2) is 33.4 Å². The molecule has 0 spiro atoms. The summed E-state index contributed by atoms with van der Waals surface area (Å²) in [4.78, 5) is 4.32. The fourth-order valence-electron chi connectivity index (χ4n) is 2.90. The number of ether oxygens (including phenoxy) is 1. The van der Waals surface area contributed by atoms with Gasteiger partial charge < -0.3 is 10.1 Å². The van der Waals surface area contributed by atoms with Gasteiger partial charge in [-0.25, -0.2) is 4.98 Å². The number of hydrogen-bond donors (Lipinski definition) is 1. The van der Waals surface area contributed by atoms with Gasteiger partial charge in [-0.2, -0.15) is 18.3 Å². The van der Waals surface area contributed by atoms with E-state index in [2.05, 4.69) is 20.5 Å². The van der Waals surface area contributed by atoms with Gasteiger partial charge in [-0.3, -0.25) is 0 Å². The summed E-state index contributed by atoms with van der Waals surface area (Å²) in [7, 11) is 0. The Labute approximate surface area is 143 Å².